The van der Waals surface area contributed by atoms with Gasteiger partial charge in [0.15, 0.2) is 12.2 Å². The molecule has 0 aromatic carbocycles. The molecule has 19 heteroatoms. The number of carbonyl (C=O) groups is 4. The summed E-state index contributed by atoms with van der Waals surface area (Å²) in [4.78, 5) is 72.9. The lowest BCUT2D eigenvalue weighted by Gasteiger charge is -2.21. The predicted octanol–water partition coefficient (Wildman–Crippen LogP) is 22.2. The number of carbonyl (C=O) groups excluding carboxylic acids is 4. The molecule has 3 N–H and O–H groups in total. The molecule has 0 aliphatic rings. The van der Waals surface area contributed by atoms with Crippen LogP contribution in [-0.4, -0.2) is 96.7 Å². The molecule has 0 radical (unpaired) electrons. The molecule has 95 heavy (non-hydrogen) atoms. The van der Waals surface area contributed by atoms with Crippen molar-refractivity contribution in [1.82, 2.24) is 0 Å². The van der Waals surface area contributed by atoms with Crippen molar-refractivity contribution < 1.29 is 80.2 Å². The average Bonchev–Trinajstić information content (AvgIpc) is 1.71. The molecule has 0 aliphatic heterocycles. The van der Waals surface area contributed by atoms with Gasteiger partial charge in [0, 0.05) is 25.7 Å². The van der Waals surface area contributed by atoms with E-state index in [2.05, 4.69) is 48.5 Å². The summed E-state index contributed by atoms with van der Waals surface area (Å²) in [6.07, 6.45) is 52.6. The first kappa shape index (κ1) is 93.1. The van der Waals surface area contributed by atoms with Crippen LogP contribution >= 0.6 is 15.6 Å². The number of phosphoric ester groups is 2. The topological polar surface area (TPSA) is 237 Å². The molecule has 0 aliphatic carbocycles. The minimum absolute atomic E-state index is 0.105. The molecule has 2 unspecified atom stereocenters. The van der Waals surface area contributed by atoms with Gasteiger partial charge in [-0.05, 0) is 43.4 Å². The molecule has 0 heterocycles. The van der Waals surface area contributed by atoms with Gasteiger partial charge in [-0.3, -0.25) is 37.3 Å². The quantitative estimate of drug-likeness (QED) is 0.0222. The molecule has 0 saturated heterocycles. The highest BCUT2D eigenvalue weighted by molar-refractivity contribution is 7.47. The summed E-state index contributed by atoms with van der Waals surface area (Å²) in [7, 11) is -9.91. The minimum atomic E-state index is -4.96. The zero-order valence-electron chi connectivity index (χ0n) is 62.1. The number of unbranched alkanes of at least 4 members (excludes halogenated alkanes) is 42. The maximum atomic E-state index is 13.1. The third kappa shape index (κ3) is 70.3. The second-order valence-electron chi connectivity index (χ2n) is 28.8. The van der Waals surface area contributed by atoms with Crippen LogP contribution in [0.15, 0.2) is 0 Å². The van der Waals surface area contributed by atoms with Gasteiger partial charge in [0.05, 0.1) is 26.4 Å². The molecule has 17 nitrogen and oxygen atoms in total. The number of hydrogen-bond acceptors (Lipinski definition) is 15. The van der Waals surface area contributed by atoms with Gasteiger partial charge in [0.1, 0.15) is 19.3 Å². The molecule has 0 rings (SSSR count). The summed E-state index contributed by atoms with van der Waals surface area (Å²) in [6, 6.07) is 0. The number of esters is 4. The lowest BCUT2D eigenvalue weighted by Crippen LogP contribution is -2.30. The molecule has 0 aromatic rings. The van der Waals surface area contributed by atoms with Crippen molar-refractivity contribution in [3.63, 3.8) is 0 Å². The van der Waals surface area contributed by atoms with Gasteiger partial charge in [-0.25, -0.2) is 9.13 Å². The normalized spacial score (nSPS) is 14.1. The van der Waals surface area contributed by atoms with E-state index in [9.17, 15) is 43.2 Å². The molecule has 0 spiro atoms. The first-order chi connectivity index (χ1) is 45.7. The van der Waals surface area contributed by atoms with E-state index < -0.39 is 97.5 Å². The predicted molar refractivity (Wildman–Crippen MR) is 386 cm³/mol. The van der Waals surface area contributed by atoms with Crippen molar-refractivity contribution in [2.45, 2.75) is 407 Å². The van der Waals surface area contributed by atoms with Gasteiger partial charge >= 0.3 is 39.5 Å². The van der Waals surface area contributed by atoms with Crippen LogP contribution in [0.3, 0.4) is 0 Å². The Bertz CT molecular complexity index is 1850. The zero-order chi connectivity index (χ0) is 70.1. The molecule has 0 aromatic heterocycles. The number of hydrogen-bond donors (Lipinski definition) is 3. The van der Waals surface area contributed by atoms with Crippen LogP contribution in [-0.2, 0) is 65.4 Å². The highest BCUT2D eigenvalue weighted by Gasteiger charge is 2.30. The maximum absolute atomic E-state index is 13.1. The van der Waals surface area contributed by atoms with Crippen molar-refractivity contribution in [2.24, 2.45) is 17.8 Å². The highest BCUT2D eigenvalue weighted by atomic mass is 31.2. The third-order valence-corrected chi connectivity index (χ3v) is 19.5. The number of phosphoric acid groups is 2. The van der Waals surface area contributed by atoms with Gasteiger partial charge in [0.25, 0.3) is 0 Å². The van der Waals surface area contributed by atoms with Crippen molar-refractivity contribution in [3.8, 4) is 0 Å². The highest BCUT2D eigenvalue weighted by Crippen LogP contribution is 2.45. The molecule has 0 saturated carbocycles. The summed E-state index contributed by atoms with van der Waals surface area (Å²) in [5.41, 5.74) is 0. The second kappa shape index (κ2) is 66.6. The first-order valence-corrected chi connectivity index (χ1v) is 42.3. The van der Waals surface area contributed by atoms with Crippen molar-refractivity contribution >= 4 is 39.5 Å². The van der Waals surface area contributed by atoms with Crippen LogP contribution < -0.4 is 0 Å². The van der Waals surface area contributed by atoms with Gasteiger partial charge in [-0.15, -0.1) is 0 Å². The van der Waals surface area contributed by atoms with Crippen LogP contribution in [0, 0.1) is 17.8 Å². The van der Waals surface area contributed by atoms with Crippen LogP contribution in [0.2, 0.25) is 0 Å². The Hall–Kier alpha value is -1.94. The van der Waals surface area contributed by atoms with Crippen molar-refractivity contribution in [3.05, 3.63) is 0 Å². The number of ether oxygens (including phenoxy) is 4. The fourth-order valence-electron chi connectivity index (χ4n) is 11.6. The lowest BCUT2D eigenvalue weighted by molar-refractivity contribution is -0.161. The molecule has 0 fully saturated rings. The largest absolute Gasteiger partial charge is 0.472 e. The van der Waals surface area contributed by atoms with Crippen LogP contribution in [0.4, 0.5) is 0 Å². The summed E-state index contributed by atoms with van der Waals surface area (Å²) < 4.78 is 68.6. The van der Waals surface area contributed by atoms with E-state index in [0.717, 1.165) is 108 Å². The SMILES string of the molecule is CCCCCCCCCCCCCCCCCCC(=O)O[C@H](COC(=O)CCCCCCCCCCCCCC(C)C)COP(=O)(O)OC[C@@H](O)COP(=O)(O)OC[C@@H](COC(=O)CCCCCCCCCCCC(C)C)OC(=O)CCCCCCCCCCCCC(C)C. The molecular formula is C76H148O17P2. The Morgan fingerprint density at radius 3 is 0.716 bits per heavy atom. The molecule has 0 amide bonds. The van der Waals surface area contributed by atoms with Crippen LogP contribution in [0.5, 0.6) is 0 Å². The Morgan fingerprint density at radius 2 is 0.484 bits per heavy atom. The maximum Gasteiger partial charge on any atom is 0.472 e. The Morgan fingerprint density at radius 1 is 0.284 bits per heavy atom. The minimum Gasteiger partial charge on any atom is -0.462 e. The molecule has 0 bridgehead atoms. The summed E-state index contributed by atoms with van der Waals surface area (Å²) in [5.74, 6) is 0.150. The second-order valence-corrected chi connectivity index (χ2v) is 31.7. The van der Waals surface area contributed by atoms with E-state index in [0.29, 0.717) is 25.7 Å². The average molecular weight is 1400 g/mol. The van der Waals surface area contributed by atoms with E-state index in [-0.39, 0.29) is 25.7 Å². The fraction of sp³-hybridized carbons (Fsp3) is 0.947. The van der Waals surface area contributed by atoms with E-state index in [4.69, 9.17) is 37.0 Å². The van der Waals surface area contributed by atoms with Crippen LogP contribution in [0.1, 0.15) is 389 Å². The molecule has 5 atom stereocenters. The van der Waals surface area contributed by atoms with Gasteiger partial charge in [-0.1, -0.05) is 337 Å². The molecular weight excluding hydrogens is 1250 g/mol. The van der Waals surface area contributed by atoms with Gasteiger partial charge in [0.2, 0.25) is 0 Å². The standard InChI is InChI=1S/C76H148O17P2/c1-8-9-10-11-12-13-14-15-16-17-18-21-30-38-45-52-59-75(80)92-71(63-86-73(78)57-50-43-36-29-22-19-20-26-33-40-47-54-67(2)3)65-90-94(82,83)88-61-70(77)62-89-95(84,85)91-66-72(64-87-74(79)58-51-44-37-32-25-28-35-42-49-56-69(6)7)93-76(81)60-53-46-39-31-24-23-27-34-41-48-55-68(4)5/h67-72,77H,8-66H2,1-7H3,(H,82,83)(H,84,85)/t70-,71-,72-/m1/s1. The van der Waals surface area contributed by atoms with E-state index >= 15 is 0 Å². The lowest BCUT2D eigenvalue weighted by atomic mass is 10.0. The number of aliphatic hydroxyl groups is 1. The first-order valence-electron chi connectivity index (χ1n) is 39.3. The van der Waals surface area contributed by atoms with Gasteiger partial charge < -0.3 is 33.8 Å². The summed E-state index contributed by atoms with van der Waals surface area (Å²) in [5, 5.41) is 10.6. The van der Waals surface area contributed by atoms with E-state index in [1.807, 2.05) is 0 Å². The summed E-state index contributed by atoms with van der Waals surface area (Å²) in [6.45, 7) is 11.9. The Balaban J connectivity index is 5.27. The summed E-state index contributed by atoms with van der Waals surface area (Å²) >= 11 is 0. The molecule has 564 valence electrons. The third-order valence-electron chi connectivity index (χ3n) is 17.6. The Kier molecular flexibility index (Phi) is 65.2. The number of aliphatic hydroxyl groups excluding tert-OH is 1. The zero-order valence-corrected chi connectivity index (χ0v) is 63.9. The van der Waals surface area contributed by atoms with E-state index in [1.54, 1.807) is 0 Å². The van der Waals surface area contributed by atoms with Crippen LogP contribution in [0.25, 0.3) is 0 Å². The fourth-order valence-corrected chi connectivity index (χ4v) is 13.2. The smallest absolute Gasteiger partial charge is 0.462 e. The van der Waals surface area contributed by atoms with E-state index in [1.165, 1.54) is 199 Å². The van der Waals surface area contributed by atoms with Crippen molar-refractivity contribution in [1.29, 1.82) is 0 Å². The Labute approximate surface area is 581 Å². The number of rotatable bonds is 74. The van der Waals surface area contributed by atoms with Crippen molar-refractivity contribution in [2.75, 3.05) is 39.6 Å². The van der Waals surface area contributed by atoms with Gasteiger partial charge in [-0.2, -0.15) is 0 Å². The monoisotopic (exact) mass is 1400 g/mol.